The highest BCUT2D eigenvalue weighted by molar-refractivity contribution is 9.11. The largest absolute Gasteiger partial charge is 0.274 e. The zero-order valence-corrected chi connectivity index (χ0v) is 22.5. The molecule has 1 saturated carbocycles. The van der Waals surface area contributed by atoms with Gasteiger partial charge in [0.1, 0.15) is 0 Å². The van der Waals surface area contributed by atoms with Crippen LogP contribution in [0.3, 0.4) is 0 Å². The van der Waals surface area contributed by atoms with Crippen molar-refractivity contribution in [2.75, 3.05) is 0 Å². The summed E-state index contributed by atoms with van der Waals surface area (Å²) in [6.07, 6.45) is 5.29. The van der Waals surface area contributed by atoms with Crippen LogP contribution in [-0.4, -0.2) is 16.6 Å². The number of nitrogens with zero attached hydrogens (tertiary/aromatic N) is 2. The lowest BCUT2D eigenvalue weighted by Gasteiger charge is -2.29. The van der Waals surface area contributed by atoms with Crippen LogP contribution in [0.1, 0.15) is 46.8 Å². The number of fused-ring (bicyclic) bond motifs is 1. The Balaban J connectivity index is 1.58. The minimum Gasteiger partial charge on any atom is -0.267 e. The summed E-state index contributed by atoms with van der Waals surface area (Å²) in [5, 5.41) is 6.70. The topological polar surface area (TPSA) is 32.7 Å². The summed E-state index contributed by atoms with van der Waals surface area (Å²) >= 11 is 10.5. The number of halogens is 3. The first-order valence-corrected chi connectivity index (χ1v) is 13.3. The first-order chi connectivity index (χ1) is 16.0. The molecule has 1 amide bonds. The molecule has 2 atom stereocenters. The summed E-state index contributed by atoms with van der Waals surface area (Å²) < 4.78 is 2.97. The van der Waals surface area contributed by atoms with Crippen molar-refractivity contribution in [3.05, 3.63) is 108 Å². The van der Waals surface area contributed by atoms with Crippen LogP contribution in [-0.2, 0) is 0 Å². The first-order valence-electron chi connectivity index (χ1n) is 10.9. The standard InChI is InChI=1S/C27H21Br3N2O/c28-21-11-7-17(8-12-21)15-19-3-2-6-24-25(19)31-32(26(24)18-9-13-22(29)14-10-18)27(33)20-4-1-5-23(30)16-20/h1,4-5,7-16,24,26H,2-3,6H2/b19-15+/t24-,26-/m0/s1. The lowest BCUT2D eigenvalue weighted by Crippen LogP contribution is -2.31. The summed E-state index contributed by atoms with van der Waals surface area (Å²) in [4.78, 5) is 13.7. The van der Waals surface area contributed by atoms with E-state index in [0.717, 1.165) is 49.5 Å². The normalized spacial score (nSPS) is 21.1. The van der Waals surface area contributed by atoms with Gasteiger partial charge in [-0.15, -0.1) is 0 Å². The number of amides is 1. The van der Waals surface area contributed by atoms with Gasteiger partial charge in [-0.05, 0) is 84.5 Å². The van der Waals surface area contributed by atoms with E-state index >= 15 is 0 Å². The van der Waals surface area contributed by atoms with Gasteiger partial charge in [-0.1, -0.05) is 78.1 Å². The van der Waals surface area contributed by atoms with Crippen LogP contribution < -0.4 is 0 Å². The molecular formula is C27H21Br3N2O. The van der Waals surface area contributed by atoms with E-state index in [-0.39, 0.29) is 17.9 Å². The van der Waals surface area contributed by atoms with Gasteiger partial charge in [0, 0.05) is 24.9 Å². The number of hydrogen-bond donors (Lipinski definition) is 0. The molecule has 0 unspecified atom stereocenters. The van der Waals surface area contributed by atoms with Crippen LogP contribution in [0, 0.1) is 5.92 Å². The quantitative estimate of drug-likeness (QED) is 0.287. The SMILES string of the molecule is O=C(c1cccc(Br)c1)N1N=C2/C(=C/c3ccc(Br)cc3)CCC[C@@H]2[C@@H]1c1ccc(Br)cc1. The van der Waals surface area contributed by atoms with E-state index < -0.39 is 0 Å². The fourth-order valence-electron chi connectivity index (χ4n) is 4.68. The number of rotatable bonds is 3. The predicted molar refractivity (Wildman–Crippen MR) is 144 cm³/mol. The van der Waals surface area contributed by atoms with Crippen molar-refractivity contribution in [3.8, 4) is 0 Å². The Morgan fingerprint density at radius 2 is 1.61 bits per heavy atom. The third-order valence-electron chi connectivity index (χ3n) is 6.20. The molecule has 3 aromatic carbocycles. The maximum absolute atomic E-state index is 13.7. The summed E-state index contributed by atoms with van der Waals surface area (Å²) in [6, 6.07) is 24.0. The third kappa shape index (κ3) is 4.79. The number of carbonyl (C=O) groups excluding carboxylic acids is 1. The fraction of sp³-hybridized carbons (Fsp3) is 0.185. The molecule has 0 N–H and O–H groups in total. The molecule has 33 heavy (non-hydrogen) atoms. The molecular weight excluding hydrogens is 608 g/mol. The minimum absolute atomic E-state index is 0.0749. The Morgan fingerprint density at radius 3 is 2.30 bits per heavy atom. The zero-order valence-electron chi connectivity index (χ0n) is 17.7. The van der Waals surface area contributed by atoms with Gasteiger partial charge in [0.2, 0.25) is 0 Å². The Kier molecular flexibility index (Phi) is 6.68. The van der Waals surface area contributed by atoms with E-state index in [9.17, 15) is 4.79 Å². The van der Waals surface area contributed by atoms with Gasteiger partial charge in [0.15, 0.2) is 0 Å². The molecule has 0 radical (unpaired) electrons. The van der Waals surface area contributed by atoms with Crippen molar-refractivity contribution in [2.45, 2.75) is 25.3 Å². The molecule has 166 valence electrons. The summed E-state index contributed by atoms with van der Waals surface area (Å²) in [7, 11) is 0. The van der Waals surface area contributed by atoms with Crippen LogP contribution in [0.5, 0.6) is 0 Å². The summed E-state index contributed by atoms with van der Waals surface area (Å²) in [5.41, 5.74) is 5.15. The third-order valence-corrected chi connectivity index (χ3v) is 7.75. The smallest absolute Gasteiger partial charge is 0.267 e. The second-order valence-electron chi connectivity index (χ2n) is 8.36. The Bertz CT molecular complexity index is 1250. The molecule has 0 aromatic heterocycles. The van der Waals surface area contributed by atoms with E-state index in [4.69, 9.17) is 5.10 Å². The fourth-order valence-corrected chi connectivity index (χ4v) is 5.60. The van der Waals surface area contributed by atoms with Crippen molar-refractivity contribution in [1.82, 2.24) is 5.01 Å². The predicted octanol–water partition coefficient (Wildman–Crippen LogP) is 8.41. The molecule has 0 saturated heterocycles. The average molecular weight is 629 g/mol. The number of benzene rings is 3. The number of carbonyl (C=O) groups is 1. The van der Waals surface area contributed by atoms with Crippen molar-refractivity contribution < 1.29 is 4.79 Å². The average Bonchev–Trinajstić information content (AvgIpc) is 3.21. The highest BCUT2D eigenvalue weighted by atomic mass is 79.9. The van der Waals surface area contributed by atoms with Gasteiger partial charge in [0.25, 0.3) is 5.91 Å². The second kappa shape index (κ2) is 9.69. The molecule has 1 heterocycles. The molecule has 1 aliphatic heterocycles. The molecule has 5 rings (SSSR count). The lowest BCUT2D eigenvalue weighted by atomic mass is 9.77. The highest BCUT2D eigenvalue weighted by Gasteiger charge is 2.43. The van der Waals surface area contributed by atoms with Gasteiger partial charge >= 0.3 is 0 Å². The van der Waals surface area contributed by atoms with Crippen molar-refractivity contribution >= 4 is 65.5 Å². The van der Waals surface area contributed by atoms with E-state index in [0.29, 0.717) is 5.56 Å². The first kappa shape index (κ1) is 22.8. The van der Waals surface area contributed by atoms with E-state index in [2.05, 4.69) is 90.3 Å². The Labute approximate surface area is 219 Å². The number of hydrazone groups is 1. The zero-order chi connectivity index (χ0) is 22.9. The molecule has 3 nitrogen and oxygen atoms in total. The lowest BCUT2D eigenvalue weighted by molar-refractivity contribution is 0.0681. The molecule has 2 aliphatic rings. The molecule has 6 heteroatoms. The van der Waals surface area contributed by atoms with Gasteiger partial charge < -0.3 is 0 Å². The maximum atomic E-state index is 13.7. The van der Waals surface area contributed by atoms with Crippen molar-refractivity contribution in [1.29, 1.82) is 0 Å². The van der Waals surface area contributed by atoms with Crippen LogP contribution in [0.4, 0.5) is 0 Å². The summed E-state index contributed by atoms with van der Waals surface area (Å²) in [5.74, 6) is 0.104. The van der Waals surface area contributed by atoms with Gasteiger partial charge in [-0.2, -0.15) is 5.10 Å². The molecule has 0 bridgehead atoms. The second-order valence-corrected chi connectivity index (χ2v) is 11.1. The van der Waals surface area contributed by atoms with E-state index in [1.54, 1.807) is 5.01 Å². The molecule has 0 spiro atoms. The van der Waals surface area contributed by atoms with Gasteiger partial charge in [0.05, 0.1) is 11.8 Å². The molecule has 3 aromatic rings. The summed E-state index contributed by atoms with van der Waals surface area (Å²) in [6.45, 7) is 0. The highest BCUT2D eigenvalue weighted by Crippen LogP contribution is 2.45. The van der Waals surface area contributed by atoms with Crippen LogP contribution in [0.2, 0.25) is 0 Å². The van der Waals surface area contributed by atoms with Crippen molar-refractivity contribution in [2.24, 2.45) is 11.0 Å². The van der Waals surface area contributed by atoms with Crippen LogP contribution in [0.25, 0.3) is 6.08 Å². The molecule has 1 fully saturated rings. The number of allylic oxidation sites excluding steroid dienone is 1. The van der Waals surface area contributed by atoms with E-state index in [1.165, 1.54) is 5.57 Å². The van der Waals surface area contributed by atoms with Gasteiger partial charge in [-0.25, -0.2) is 5.01 Å². The van der Waals surface area contributed by atoms with E-state index in [1.807, 2.05) is 36.4 Å². The molecule has 1 aliphatic carbocycles. The van der Waals surface area contributed by atoms with Crippen LogP contribution >= 0.6 is 47.8 Å². The van der Waals surface area contributed by atoms with Gasteiger partial charge in [-0.3, -0.25) is 4.79 Å². The maximum Gasteiger partial charge on any atom is 0.274 e. The Hall–Kier alpha value is -2.02. The Morgan fingerprint density at radius 1 is 0.909 bits per heavy atom. The van der Waals surface area contributed by atoms with Crippen LogP contribution in [0.15, 0.2) is 96.9 Å². The van der Waals surface area contributed by atoms with Crippen molar-refractivity contribution in [3.63, 3.8) is 0 Å². The minimum atomic E-state index is -0.117. The monoisotopic (exact) mass is 626 g/mol. The number of hydrogen-bond acceptors (Lipinski definition) is 2.